The van der Waals surface area contributed by atoms with Gasteiger partial charge < -0.3 is 14.4 Å². The van der Waals surface area contributed by atoms with Gasteiger partial charge in [-0.15, -0.1) is 0 Å². The lowest BCUT2D eigenvalue weighted by Crippen LogP contribution is -2.52. The molecule has 2 saturated heterocycles. The van der Waals surface area contributed by atoms with E-state index < -0.39 is 0 Å². The number of nitrogens with one attached hydrogen (secondary N) is 2. The Labute approximate surface area is 159 Å². The Balaban J connectivity index is 1.42. The van der Waals surface area contributed by atoms with Crippen LogP contribution >= 0.6 is 0 Å². The molecular formula is C21H25N3O3. The Bertz CT molecular complexity index is 826. The van der Waals surface area contributed by atoms with Gasteiger partial charge in [-0.05, 0) is 48.2 Å². The molecule has 142 valence electrons. The molecule has 6 heteroatoms. The van der Waals surface area contributed by atoms with Crippen LogP contribution < -0.4 is 20.3 Å². The van der Waals surface area contributed by atoms with E-state index in [1.54, 1.807) is 14.2 Å². The van der Waals surface area contributed by atoms with Gasteiger partial charge in [-0.1, -0.05) is 24.3 Å². The zero-order chi connectivity index (χ0) is 18.8. The maximum absolute atomic E-state index is 13.0. The van der Waals surface area contributed by atoms with E-state index in [0.29, 0.717) is 6.42 Å². The highest BCUT2D eigenvalue weighted by molar-refractivity contribution is 5.83. The van der Waals surface area contributed by atoms with E-state index in [2.05, 4.69) is 23.0 Å². The normalized spacial score (nSPS) is 24.4. The van der Waals surface area contributed by atoms with Gasteiger partial charge in [-0.2, -0.15) is 0 Å². The number of amides is 1. The third-order valence-corrected chi connectivity index (χ3v) is 5.48. The molecule has 4 rings (SSSR count). The second-order valence-corrected chi connectivity index (χ2v) is 7.02. The summed E-state index contributed by atoms with van der Waals surface area (Å²) in [5.74, 6) is 1.79. The quantitative estimate of drug-likeness (QED) is 0.851. The number of rotatable bonds is 5. The largest absolute Gasteiger partial charge is 0.497 e. The predicted molar refractivity (Wildman–Crippen MR) is 102 cm³/mol. The molecule has 0 bridgehead atoms. The van der Waals surface area contributed by atoms with E-state index >= 15 is 0 Å². The Morgan fingerprint density at radius 2 is 1.67 bits per heavy atom. The van der Waals surface area contributed by atoms with Crippen LogP contribution in [0.25, 0.3) is 0 Å². The van der Waals surface area contributed by atoms with E-state index in [0.717, 1.165) is 35.6 Å². The van der Waals surface area contributed by atoms with Crippen molar-refractivity contribution < 1.29 is 14.3 Å². The molecule has 2 N–H and O–H groups in total. The maximum Gasteiger partial charge on any atom is 0.241 e. The molecule has 0 aliphatic carbocycles. The molecule has 2 aromatic carbocycles. The summed E-state index contributed by atoms with van der Waals surface area (Å²) in [4.78, 5) is 15.0. The maximum atomic E-state index is 13.0. The molecular weight excluding hydrogens is 342 g/mol. The highest BCUT2D eigenvalue weighted by Crippen LogP contribution is 2.36. The molecule has 2 fully saturated rings. The number of carbonyl (C=O) groups is 1. The van der Waals surface area contributed by atoms with Crippen LogP contribution in [0.1, 0.15) is 36.1 Å². The van der Waals surface area contributed by atoms with E-state index in [1.807, 2.05) is 41.3 Å². The molecule has 1 amide bonds. The SMILES string of the molecule is COc1cccc(C2CC(C(=O)N3CCC3c3cccc(OC)c3)NN2)c1. The van der Waals surface area contributed by atoms with Gasteiger partial charge in [0, 0.05) is 12.6 Å². The van der Waals surface area contributed by atoms with Gasteiger partial charge >= 0.3 is 0 Å². The molecule has 3 atom stereocenters. The Kier molecular flexibility index (Phi) is 5.01. The van der Waals surface area contributed by atoms with E-state index in [1.165, 1.54) is 0 Å². The standard InChI is InChI=1S/C21H25N3O3/c1-26-16-7-3-5-14(11-16)18-13-19(23-22-18)21(25)24-10-9-20(24)15-6-4-8-17(12-15)27-2/h3-8,11-12,18-20,22-23H,9-10,13H2,1-2H3. The summed E-state index contributed by atoms with van der Waals surface area (Å²) < 4.78 is 10.6. The van der Waals surface area contributed by atoms with Crippen molar-refractivity contribution >= 4 is 5.91 Å². The average Bonchev–Trinajstić information content (AvgIpc) is 3.18. The van der Waals surface area contributed by atoms with Crippen molar-refractivity contribution in [1.29, 1.82) is 0 Å². The zero-order valence-electron chi connectivity index (χ0n) is 15.6. The van der Waals surface area contributed by atoms with E-state index in [-0.39, 0.29) is 24.0 Å². The van der Waals surface area contributed by atoms with Crippen molar-refractivity contribution in [3.05, 3.63) is 59.7 Å². The minimum atomic E-state index is -0.227. The zero-order valence-corrected chi connectivity index (χ0v) is 15.6. The second kappa shape index (κ2) is 7.58. The van der Waals surface area contributed by atoms with Gasteiger partial charge in [-0.3, -0.25) is 4.79 Å². The lowest BCUT2D eigenvalue weighted by atomic mass is 9.92. The van der Waals surface area contributed by atoms with Crippen molar-refractivity contribution in [2.24, 2.45) is 0 Å². The predicted octanol–water partition coefficient (Wildman–Crippen LogP) is 2.58. The van der Waals surface area contributed by atoms with Crippen LogP contribution in [-0.2, 0) is 4.79 Å². The monoisotopic (exact) mass is 367 g/mol. The minimum absolute atomic E-state index is 0.0885. The van der Waals surface area contributed by atoms with Crippen LogP contribution in [0.3, 0.4) is 0 Å². The number of hydrogen-bond acceptors (Lipinski definition) is 5. The lowest BCUT2D eigenvalue weighted by molar-refractivity contribution is -0.141. The van der Waals surface area contributed by atoms with Crippen LogP contribution in [0.5, 0.6) is 11.5 Å². The van der Waals surface area contributed by atoms with Crippen molar-refractivity contribution in [1.82, 2.24) is 15.8 Å². The Morgan fingerprint density at radius 3 is 2.30 bits per heavy atom. The van der Waals surface area contributed by atoms with E-state index in [4.69, 9.17) is 9.47 Å². The van der Waals surface area contributed by atoms with Gasteiger partial charge in [0.2, 0.25) is 5.91 Å². The number of methoxy groups -OCH3 is 2. The van der Waals surface area contributed by atoms with Crippen LogP contribution in [-0.4, -0.2) is 37.6 Å². The highest BCUT2D eigenvalue weighted by Gasteiger charge is 2.40. The smallest absolute Gasteiger partial charge is 0.241 e. The summed E-state index contributed by atoms with van der Waals surface area (Å²) in [5, 5.41) is 0. The van der Waals surface area contributed by atoms with Gasteiger partial charge in [0.15, 0.2) is 0 Å². The van der Waals surface area contributed by atoms with Gasteiger partial charge in [0.05, 0.1) is 20.3 Å². The molecule has 3 unspecified atom stereocenters. The first-order valence-corrected chi connectivity index (χ1v) is 9.29. The summed E-state index contributed by atoms with van der Waals surface area (Å²) >= 11 is 0. The molecule has 27 heavy (non-hydrogen) atoms. The molecule has 2 aromatic rings. The Morgan fingerprint density at radius 1 is 1.00 bits per heavy atom. The summed E-state index contributed by atoms with van der Waals surface area (Å²) in [6.45, 7) is 0.794. The fourth-order valence-corrected chi connectivity index (χ4v) is 3.84. The van der Waals surface area contributed by atoms with Crippen molar-refractivity contribution in [2.75, 3.05) is 20.8 Å². The third-order valence-electron chi connectivity index (χ3n) is 5.48. The second-order valence-electron chi connectivity index (χ2n) is 7.02. The van der Waals surface area contributed by atoms with E-state index in [9.17, 15) is 4.79 Å². The summed E-state index contributed by atoms with van der Waals surface area (Å²) in [6.07, 6.45) is 1.70. The third kappa shape index (κ3) is 3.50. The fourth-order valence-electron chi connectivity index (χ4n) is 3.84. The number of ether oxygens (including phenoxy) is 2. The first kappa shape index (κ1) is 17.8. The Hall–Kier alpha value is -2.57. The van der Waals surface area contributed by atoms with Crippen LogP contribution in [0.2, 0.25) is 0 Å². The number of hydrogen-bond donors (Lipinski definition) is 2. The lowest BCUT2D eigenvalue weighted by Gasteiger charge is -2.42. The molecule has 0 aromatic heterocycles. The minimum Gasteiger partial charge on any atom is -0.497 e. The number of likely N-dealkylation sites (tertiary alicyclic amines) is 1. The van der Waals surface area contributed by atoms with Crippen LogP contribution in [0, 0.1) is 0 Å². The summed E-state index contributed by atoms with van der Waals surface area (Å²) in [7, 11) is 3.32. The molecule has 0 radical (unpaired) electrons. The first-order valence-electron chi connectivity index (χ1n) is 9.29. The average molecular weight is 367 g/mol. The first-order chi connectivity index (χ1) is 13.2. The van der Waals surface area contributed by atoms with Crippen molar-refractivity contribution in [3.63, 3.8) is 0 Å². The molecule has 2 aliphatic heterocycles. The van der Waals surface area contributed by atoms with Gasteiger partial charge in [0.25, 0.3) is 0 Å². The van der Waals surface area contributed by atoms with Crippen LogP contribution in [0.15, 0.2) is 48.5 Å². The fraction of sp³-hybridized carbons (Fsp3) is 0.381. The molecule has 2 aliphatic rings. The molecule has 0 saturated carbocycles. The number of carbonyl (C=O) groups excluding carboxylic acids is 1. The topological polar surface area (TPSA) is 62.8 Å². The highest BCUT2D eigenvalue weighted by atomic mass is 16.5. The van der Waals surface area contributed by atoms with Crippen LogP contribution in [0.4, 0.5) is 0 Å². The number of benzene rings is 2. The van der Waals surface area contributed by atoms with Crippen molar-refractivity contribution in [2.45, 2.75) is 31.0 Å². The number of hydrazine groups is 1. The molecule has 0 spiro atoms. The molecule has 2 heterocycles. The summed E-state index contributed by atoms with van der Waals surface area (Å²) in [5.41, 5.74) is 8.68. The number of nitrogens with zero attached hydrogens (tertiary/aromatic N) is 1. The molecule has 6 nitrogen and oxygen atoms in total. The summed E-state index contributed by atoms with van der Waals surface area (Å²) in [6, 6.07) is 15.9. The van der Waals surface area contributed by atoms with Gasteiger partial charge in [0.1, 0.15) is 17.5 Å². The van der Waals surface area contributed by atoms with Crippen molar-refractivity contribution in [3.8, 4) is 11.5 Å². The van der Waals surface area contributed by atoms with Gasteiger partial charge in [-0.25, -0.2) is 10.9 Å².